The number of piperidine rings is 1. The second-order valence-electron chi connectivity index (χ2n) is 6.02. The number of likely N-dealkylation sites (tertiary alicyclic amines) is 1. The molecule has 1 unspecified atom stereocenters. The van der Waals surface area contributed by atoms with Gasteiger partial charge in [-0.05, 0) is 51.7 Å². The minimum atomic E-state index is -3.08. The molecule has 0 aromatic heterocycles. The smallest absolute Gasteiger partial charge is 0.214 e. The van der Waals surface area contributed by atoms with E-state index in [4.69, 9.17) is 0 Å². The van der Waals surface area contributed by atoms with Gasteiger partial charge in [0.2, 0.25) is 10.0 Å². The van der Waals surface area contributed by atoms with Crippen LogP contribution in [0.2, 0.25) is 0 Å². The Morgan fingerprint density at radius 3 is 2.40 bits per heavy atom. The SMILES string of the molecule is CCCN1CCC(C(C)NCCS(=O)(=O)N(C)C)CC1. The second-order valence-corrected chi connectivity index (χ2v) is 8.32. The molecule has 20 heavy (non-hydrogen) atoms. The Morgan fingerprint density at radius 2 is 1.90 bits per heavy atom. The van der Waals surface area contributed by atoms with Crippen LogP contribution < -0.4 is 5.32 Å². The first-order valence-corrected chi connectivity index (χ1v) is 9.33. The molecular formula is C14H31N3O2S. The topological polar surface area (TPSA) is 52.7 Å². The third kappa shape index (κ3) is 5.68. The van der Waals surface area contributed by atoms with E-state index >= 15 is 0 Å². The van der Waals surface area contributed by atoms with Gasteiger partial charge in [0.05, 0.1) is 5.75 Å². The van der Waals surface area contributed by atoms with Crippen LogP contribution in [0.4, 0.5) is 0 Å². The molecule has 5 nitrogen and oxygen atoms in total. The van der Waals surface area contributed by atoms with E-state index in [1.807, 2.05) is 0 Å². The highest BCUT2D eigenvalue weighted by Crippen LogP contribution is 2.20. The van der Waals surface area contributed by atoms with E-state index in [0.29, 0.717) is 18.5 Å². The summed E-state index contributed by atoms with van der Waals surface area (Å²) in [4.78, 5) is 2.53. The normalized spacial score (nSPS) is 20.4. The summed E-state index contributed by atoms with van der Waals surface area (Å²) in [6, 6.07) is 0.399. The zero-order valence-corrected chi connectivity index (χ0v) is 14.2. The average Bonchev–Trinajstić information content (AvgIpc) is 2.39. The molecule has 1 aliphatic rings. The van der Waals surface area contributed by atoms with Gasteiger partial charge >= 0.3 is 0 Å². The van der Waals surface area contributed by atoms with Crippen molar-refractivity contribution in [2.75, 3.05) is 46.0 Å². The first kappa shape index (κ1) is 17.9. The van der Waals surface area contributed by atoms with E-state index in [1.165, 1.54) is 43.2 Å². The van der Waals surface area contributed by atoms with E-state index in [2.05, 4.69) is 24.1 Å². The molecule has 0 saturated carbocycles. The highest BCUT2D eigenvalue weighted by Gasteiger charge is 2.23. The maximum atomic E-state index is 11.7. The molecule has 6 heteroatoms. The number of nitrogens with one attached hydrogen (secondary N) is 1. The molecule has 1 N–H and O–H groups in total. The largest absolute Gasteiger partial charge is 0.313 e. The lowest BCUT2D eigenvalue weighted by Gasteiger charge is -2.35. The lowest BCUT2D eigenvalue weighted by molar-refractivity contribution is 0.163. The van der Waals surface area contributed by atoms with E-state index in [-0.39, 0.29) is 5.75 Å². The zero-order valence-electron chi connectivity index (χ0n) is 13.4. The number of rotatable bonds is 8. The van der Waals surface area contributed by atoms with Crippen molar-refractivity contribution in [1.82, 2.24) is 14.5 Å². The average molecular weight is 305 g/mol. The summed E-state index contributed by atoms with van der Waals surface area (Å²) in [6.45, 7) is 8.51. The minimum absolute atomic E-state index is 0.180. The number of nitrogens with zero attached hydrogens (tertiary/aromatic N) is 2. The summed E-state index contributed by atoms with van der Waals surface area (Å²) in [7, 11) is 0.0930. The van der Waals surface area contributed by atoms with Gasteiger partial charge in [0.25, 0.3) is 0 Å². The van der Waals surface area contributed by atoms with Gasteiger partial charge < -0.3 is 10.2 Å². The molecule has 0 radical (unpaired) electrons. The van der Waals surface area contributed by atoms with Crippen molar-refractivity contribution in [2.45, 2.75) is 39.2 Å². The van der Waals surface area contributed by atoms with Gasteiger partial charge in [-0.3, -0.25) is 0 Å². The van der Waals surface area contributed by atoms with Crippen LogP contribution in [0.25, 0.3) is 0 Å². The molecule has 0 spiro atoms. The van der Waals surface area contributed by atoms with Gasteiger partial charge in [0, 0.05) is 26.7 Å². The van der Waals surface area contributed by atoms with Crippen LogP contribution in [-0.4, -0.2) is 69.7 Å². The third-order valence-corrected chi connectivity index (χ3v) is 6.09. The summed E-state index contributed by atoms with van der Waals surface area (Å²) < 4.78 is 24.7. The van der Waals surface area contributed by atoms with E-state index < -0.39 is 10.0 Å². The minimum Gasteiger partial charge on any atom is -0.313 e. The molecule has 1 atom stereocenters. The summed E-state index contributed by atoms with van der Waals surface area (Å²) >= 11 is 0. The maximum absolute atomic E-state index is 11.7. The van der Waals surface area contributed by atoms with Crippen LogP contribution in [0.1, 0.15) is 33.1 Å². The molecule has 1 rings (SSSR count). The van der Waals surface area contributed by atoms with Crippen molar-refractivity contribution in [1.29, 1.82) is 0 Å². The van der Waals surface area contributed by atoms with Gasteiger partial charge in [0.1, 0.15) is 0 Å². The Bertz CT molecular complexity index is 363. The molecule has 0 bridgehead atoms. The van der Waals surface area contributed by atoms with Crippen LogP contribution >= 0.6 is 0 Å². The Kier molecular flexibility index (Phi) is 7.43. The Hall–Kier alpha value is -0.170. The predicted molar refractivity (Wildman–Crippen MR) is 84.4 cm³/mol. The number of hydrogen-bond acceptors (Lipinski definition) is 4. The fourth-order valence-corrected chi connectivity index (χ4v) is 3.50. The zero-order chi connectivity index (χ0) is 15.2. The number of sulfonamides is 1. The maximum Gasteiger partial charge on any atom is 0.214 e. The van der Waals surface area contributed by atoms with Gasteiger partial charge in [-0.25, -0.2) is 12.7 Å². The van der Waals surface area contributed by atoms with Crippen molar-refractivity contribution in [2.24, 2.45) is 5.92 Å². The van der Waals surface area contributed by atoms with Crippen molar-refractivity contribution in [3.05, 3.63) is 0 Å². The lowest BCUT2D eigenvalue weighted by Crippen LogP contribution is -2.43. The highest BCUT2D eigenvalue weighted by molar-refractivity contribution is 7.89. The summed E-state index contributed by atoms with van der Waals surface area (Å²) in [6.07, 6.45) is 3.66. The quantitative estimate of drug-likeness (QED) is 0.726. The van der Waals surface area contributed by atoms with Crippen molar-refractivity contribution in [3.63, 3.8) is 0 Å². The lowest BCUT2D eigenvalue weighted by atomic mass is 9.90. The molecule has 0 amide bonds. The van der Waals surface area contributed by atoms with Gasteiger partial charge in [-0.2, -0.15) is 0 Å². The first-order chi connectivity index (χ1) is 9.36. The van der Waals surface area contributed by atoms with Crippen molar-refractivity contribution < 1.29 is 8.42 Å². The first-order valence-electron chi connectivity index (χ1n) is 7.72. The van der Waals surface area contributed by atoms with Crippen molar-refractivity contribution >= 4 is 10.0 Å². The predicted octanol–water partition coefficient (Wildman–Crippen LogP) is 0.978. The molecule has 120 valence electrons. The molecular weight excluding hydrogens is 274 g/mol. The molecule has 1 fully saturated rings. The van der Waals surface area contributed by atoms with Crippen LogP contribution in [0, 0.1) is 5.92 Å². The van der Waals surface area contributed by atoms with Crippen LogP contribution in [0.3, 0.4) is 0 Å². The van der Waals surface area contributed by atoms with Gasteiger partial charge in [-0.15, -0.1) is 0 Å². The molecule has 1 heterocycles. The Balaban J connectivity index is 2.26. The fourth-order valence-electron chi connectivity index (χ4n) is 2.76. The molecule has 0 aliphatic carbocycles. The van der Waals surface area contributed by atoms with E-state index in [1.54, 1.807) is 14.1 Å². The number of hydrogen-bond donors (Lipinski definition) is 1. The van der Waals surface area contributed by atoms with Crippen molar-refractivity contribution in [3.8, 4) is 0 Å². The van der Waals surface area contributed by atoms with Crippen LogP contribution in [-0.2, 0) is 10.0 Å². The second kappa shape index (κ2) is 8.32. The summed E-state index contributed by atoms with van der Waals surface area (Å²) in [5.41, 5.74) is 0. The third-order valence-electron chi connectivity index (χ3n) is 4.26. The highest BCUT2D eigenvalue weighted by atomic mass is 32.2. The van der Waals surface area contributed by atoms with E-state index in [0.717, 1.165) is 0 Å². The van der Waals surface area contributed by atoms with Gasteiger partial charge in [0.15, 0.2) is 0 Å². The summed E-state index contributed by atoms with van der Waals surface area (Å²) in [5.74, 6) is 0.851. The Labute approximate surface area is 124 Å². The summed E-state index contributed by atoms with van der Waals surface area (Å²) in [5, 5.41) is 3.39. The molecule has 0 aromatic carbocycles. The molecule has 1 saturated heterocycles. The molecule has 1 aliphatic heterocycles. The van der Waals surface area contributed by atoms with E-state index in [9.17, 15) is 8.42 Å². The van der Waals surface area contributed by atoms with Crippen LogP contribution in [0.15, 0.2) is 0 Å². The molecule has 0 aromatic rings. The standard InChI is InChI=1S/C14H31N3O2S/c1-5-9-17-10-6-14(7-11-17)13(2)15-8-12-20(18,19)16(3)4/h13-15H,5-12H2,1-4H3. The van der Waals surface area contributed by atoms with Crippen LogP contribution in [0.5, 0.6) is 0 Å². The Morgan fingerprint density at radius 1 is 1.30 bits per heavy atom. The fraction of sp³-hybridized carbons (Fsp3) is 1.00. The monoisotopic (exact) mass is 305 g/mol. The van der Waals surface area contributed by atoms with Gasteiger partial charge in [-0.1, -0.05) is 6.92 Å².